The van der Waals surface area contributed by atoms with Gasteiger partial charge in [-0.15, -0.1) is 0 Å². The number of hydrogen-bond donors (Lipinski definition) is 1. The Morgan fingerprint density at radius 1 is 1.10 bits per heavy atom. The lowest BCUT2D eigenvalue weighted by atomic mass is 9.93. The van der Waals surface area contributed by atoms with Crippen LogP contribution in [0.3, 0.4) is 0 Å². The van der Waals surface area contributed by atoms with E-state index in [1.807, 2.05) is 67.3 Å². The van der Waals surface area contributed by atoms with Gasteiger partial charge in [-0.1, -0.05) is 35.9 Å². The van der Waals surface area contributed by atoms with Gasteiger partial charge in [0, 0.05) is 28.9 Å². The highest BCUT2D eigenvalue weighted by molar-refractivity contribution is 6.31. The molecular weight excluding hydrogens is 542 g/mol. The second-order valence-corrected chi connectivity index (χ2v) is 11.1. The van der Waals surface area contributed by atoms with E-state index in [2.05, 4.69) is 11.2 Å². The van der Waals surface area contributed by atoms with E-state index in [0.717, 1.165) is 45.5 Å². The summed E-state index contributed by atoms with van der Waals surface area (Å²) in [6.45, 7) is 5.30. The van der Waals surface area contributed by atoms with Crippen molar-refractivity contribution in [3.05, 3.63) is 99.8 Å². The highest BCUT2D eigenvalue weighted by atomic mass is 35.5. The van der Waals surface area contributed by atoms with E-state index in [-0.39, 0.29) is 24.9 Å². The molecule has 1 aliphatic heterocycles. The van der Waals surface area contributed by atoms with Gasteiger partial charge in [-0.05, 0) is 84.7 Å². The maximum Gasteiger partial charge on any atom is 0.414 e. The lowest BCUT2D eigenvalue weighted by molar-refractivity contribution is 0.0696. The van der Waals surface area contributed by atoms with Crippen LogP contribution in [0.5, 0.6) is 5.75 Å². The van der Waals surface area contributed by atoms with Gasteiger partial charge in [0.25, 0.3) is 0 Å². The molecule has 1 aliphatic carbocycles. The van der Waals surface area contributed by atoms with Crippen LogP contribution in [0.1, 0.15) is 45.0 Å². The highest BCUT2D eigenvalue weighted by Crippen LogP contribution is 2.57. The molecule has 0 spiro atoms. The predicted molar refractivity (Wildman–Crippen MR) is 156 cm³/mol. The van der Waals surface area contributed by atoms with Gasteiger partial charge < -0.3 is 14.6 Å². The van der Waals surface area contributed by atoms with Gasteiger partial charge >= 0.3 is 12.1 Å². The normalized spacial score (nSPS) is 17.0. The second kappa shape index (κ2) is 10.9. The van der Waals surface area contributed by atoms with Crippen LogP contribution in [0, 0.1) is 19.8 Å². The van der Waals surface area contributed by atoms with Crippen LogP contribution in [0.2, 0.25) is 5.02 Å². The third kappa shape index (κ3) is 5.39. The van der Waals surface area contributed by atoms with E-state index in [9.17, 15) is 14.7 Å². The summed E-state index contributed by atoms with van der Waals surface area (Å²) in [4.78, 5) is 26.4. The molecule has 3 aromatic carbocycles. The minimum Gasteiger partial charge on any atom is -0.490 e. The van der Waals surface area contributed by atoms with Crippen LogP contribution in [0.15, 0.2) is 67.0 Å². The number of benzene rings is 3. The molecule has 41 heavy (non-hydrogen) atoms. The van der Waals surface area contributed by atoms with Gasteiger partial charge in [0.05, 0.1) is 24.0 Å². The predicted octanol–water partition coefficient (Wildman–Crippen LogP) is 6.71. The second-order valence-electron chi connectivity index (χ2n) is 10.7. The van der Waals surface area contributed by atoms with Crippen molar-refractivity contribution >= 4 is 29.4 Å². The molecule has 2 atom stereocenters. The van der Waals surface area contributed by atoms with Crippen LogP contribution in [0.4, 0.5) is 10.5 Å². The van der Waals surface area contributed by atoms with Crippen LogP contribution < -0.4 is 9.64 Å². The van der Waals surface area contributed by atoms with Crippen LogP contribution >= 0.6 is 11.6 Å². The van der Waals surface area contributed by atoms with E-state index >= 15 is 0 Å². The van der Waals surface area contributed by atoms with E-state index < -0.39 is 5.97 Å². The first kappa shape index (κ1) is 26.9. The summed E-state index contributed by atoms with van der Waals surface area (Å²) in [5.74, 6) is 0.525. The molecule has 2 aliphatic rings. The monoisotopic (exact) mass is 571 g/mol. The minimum absolute atomic E-state index is 0.125. The number of fused-ring (bicyclic) bond motifs is 3. The number of aromatic nitrogens is 2. The number of aromatic carboxylic acids is 1. The fourth-order valence-corrected chi connectivity index (χ4v) is 5.75. The zero-order valence-corrected chi connectivity index (χ0v) is 23.6. The topological polar surface area (TPSA) is 93.9 Å². The number of carboxylic acid groups (broad SMARTS) is 1. The van der Waals surface area contributed by atoms with Gasteiger partial charge in [-0.2, -0.15) is 5.10 Å². The summed E-state index contributed by atoms with van der Waals surface area (Å²) in [6.07, 6.45) is 4.45. The van der Waals surface area contributed by atoms with E-state index in [1.54, 1.807) is 17.0 Å². The van der Waals surface area contributed by atoms with Crippen molar-refractivity contribution in [3.63, 3.8) is 0 Å². The number of carbonyl (C=O) groups is 2. The summed E-state index contributed by atoms with van der Waals surface area (Å²) in [5.41, 5.74) is 7.05. The molecule has 6 rings (SSSR count). The number of rotatable bonds is 8. The van der Waals surface area contributed by atoms with Gasteiger partial charge in [0.2, 0.25) is 0 Å². The number of amides is 1. The van der Waals surface area contributed by atoms with Crippen molar-refractivity contribution in [1.82, 2.24) is 9.78 Å². The van der Waals surface area contributed by atoms with Crippen molar-refractivity contribution in [2.45, 2.75) is 32.7 Å². The largest absolute Gasteiger partial charge is 0.490 e. The molecule has 210 valence electrons. The van der Waals surface area contributed by atoms with Gasteiger partial charge in [-0.25, -0.2) is 9.59 Å². The third-order valence-corrected chi connectivity index (χ3v) is 8.37. The Bertz CT molecular complexity index is 1650. The number of aryl methyl sites for hydroxylation is 1. The van der Waals surface area contributed by atoms with Crippen molar-refractivity contribution in [2.24, 2.45) is 5.92 Å². The number of ether oxygens (including phenoxy) is 2. The zero-order valence-electron chi connectivity index (χ0n) is 22.8. The standard InChI is InChI=1S/C32H30ClN3O5/c1-19-9-10-21(31(37)38)13-22(19)16-35-17-24(15-34-35)25-5-3-7-28-30(25)26-14-23(26)18-36(28)32(39)41-12-11-40-29-8-4-6-27(33)20(29)2/h3-10,13,15,17,23,26H,11-12,14,16,18H2,1-2H3,(H,37,38)/t23-,26-/m0/s1. The first-order valence-electron chi connectivity index (χ1n) is 13.6. The molecule has 8 nitrogen and oxygen atoms in total. The van der Waals surface area contributed by atoms with Crippen molar-refractivity contribution in [1.29, 1.82) is 0 Å². The van der Waals surface area contributed by atoms with E-state index in [4.69, 9.17) is 21.1 Å². The number of carboxylic acids is 1. The Kier molecular flexibility index (Phi) is 7.17. The van der Waals surface area contributed by atoms with Crippen molar-refractivity contribution < 1.29 is 24.2 Å². The maximum atomic E-state index is 13.2. The Labute approximate surface area is 243 Å². The SMILES string of the molecule is Cc1ccc(C(=O)O)cc1Cn1cc(-c2cccc3c2[C@H]2C[C@H]2CN3C(=O)OCCOc2cccc(Cl)c2C)cn1. The Hall–Kier alpha value is -4.30. The fourth-order valence-electron chi connectivity index (χ4n) is 5.58. The summed E-state index contributed by atoms with van der Waals surface area (Å²) < 4.78 is 13.2. The molecule has 0 radical (unpaired) electrons. The van der Waals surface area contributed by atoms with Gasteiger partial charge in [0.15, 0.2) is 0 Å². The molecule has 2 heterocycles. The molecule has 0 unspecified atom stereocenters. The van der Waals surface area contributed by atoms with Gasteiger partial charge in [0.1, 0.15) is 19.0 Å². The highest BCUT2D eigenvalue weighted by Gasteiger charge is 2.48. The fraction of sp³-hybridized carbons (Fsp3) is 0.281. The summed E-state index contributed by atoms with van der Waals surface area (Å²) >= 11 is 6.16. The lowest BCUT2D eigenvalue weighted by Gasteiger charge is -2.29. The summed E-state index contributed by atoms with van der Waals surface area (Å²) in [7, 11) is 0. The summed E-state index contributed by atoms with van der Waals surface area (Å²) in [6, 6.07) is 16.6. The molecule has 1 N–H and O–H groups in total. The molecule has 1 fully saturated rings. The molecule has 1 aromatic heterocycles. The Morgan fingerprint density at radius 2 is 1.93 bits per heavy atom. The number of carbonyl (C=O) groups excluding carboxylic acids is 1. The summed E-state index contributed by atoms with van der Waals surface area (Å²) in [5, 5.41) is 14.6. The quantitative estimate of drug-likeness (QED) is 0.236. The van der Waals surface area contributed by atoms with Crippen LogP contribution in [-0.4, -0.2) is 46.7 Å². The van der Waals surface area contributed by atoms with E-state index in [1.165, 1.54) is 0 Å². The Morgan fingerprint density at radius 3 is 2.76 bits per heavy atom. The number of anilines is 1. The molecule has 4 aromatic rings. The third-order valence-electron chi connectivity index (χ3n) is 7.96. The van der Waals surface area contributed by atoms with Crippen LogP contribution in [0.25, 0.3) is 11.1 Å². The minimum atomic E-state index is -0.950. The van der Waals surface area contributed by atoms with Gasteiger partial charge in [-0.3, -0.25) is 9.58 Å². The zero-order chi connectivity index (χ0) is 28.7. The molecule has 1 amide bonds. The molecule has 0 saturated heterocycles. The van der Waals surface area contributed by atoms with E-state index in [0.29, 0.717) is 35.7 Å². The number of nitrogens with zero attached hydrogens (tertiary/aromatic N) is 3. The maximum absolute atomic E-state index is 13.2. The average Bonchev–Trinajstić information content (AvgIpc) is 3.61. The lowest BCUT2D eigenvalue weighted by Crippen LogP contribution is -2.37. The molecule has 0 bridgehead atoms. The number of halogens is 1. The molecule has 9 heteroatoms. The van der Waals surface area contributed by atoms with Crippen molar-refractivity contribution in [3.8, 4) is 16.9 Å². The molecule has 1 saturated carbocycles. The first-order valence-corrected chi connectivity index (χ1v) is 14.0. The van der Waals surface area contributed by atoms with Crippen molar-refractivity contribution in [2.75, 3.05) is 24.7 Å². The number of hydrogen-bond acceptors (Lipinski definition) is 5. The smallest absolute Gasteiger partial charge is 0.414 e. The first-order chi connectivity index (χ1) is 19.8. The van der Waals surface area contributed by atoms with Crippen LogP contribution in [-0.2, 0) is 11.3 Å². The Balaban J connectivity index is 1.17. The molecular formula is C32H30ClN3O5. The average molecular weight is 572 g/mol.